The zero-order valence-electron chi connectivity index (χ0n) is 8.39. The van der Waals surface area contributed by atoms with Gasteiger partial charge in [0.25, 0.3) is 0 Å². The van der Waals surface area contributed by atoms with Crippen molar-refractivity contribution in [1.29, 1.82) is 0 Å². The lowest BCUT2D eigenvalue weighted by Crippen LogP contribution is -2.10. The lowest BCUT2D eigenvalue weighted by molar-refractivity contribution is 0.151. The minimum Gasteiger partial charge on any atom is -0.494 e. The minimum absolute atomic E-state index is 0.0357. The van der Waals surface area contributed by atoms with E-state index >= 15 is 0 Å². The van der Waals surface area contributed by atoms with Gasteiger partial charge in [0.2, 0.25) is 0 Å². The molecule has 0 bridgehead atoms. The van der Waals surface area contributed by atoms with Crippen LogP contribution in [-0.4, -0.2) is 17.8 Å². The van der Waals surface area contributed by atoms with Gasteiger partial charge in [-0.25, -0.2) is 4.39 Å². The molecule has 1 aromatic rings. The molecule has 0 aromatic heterocycles. The summed E-state index contributed by atoms with van der Waals surface area (Å²) in [5, 5.41) is 9.76. The fraction of sp³-hybridized carbons (Fsp3) is 0.455. The van der Waals surface area contributed by atoms with E-state index < -0.39 is 11.4 Å². The molecule has 4 heteroatoms. The van der Waals surface area contributed by atoms with Gasteiger partial charge in [-0.3, -0.25) is 0 Å². The second-order valence-corrected chi connectivity index (χ2v) is 4.40. The van der Waals surface area contributed by atoms with Crippen molar-refractivity contribution in [3.05, 3.63) is 28.5 Å². The van der Waals surface area contributed by atoms with E-state index in [9.17, 15) is 9.50 Å². The largest absolute Gasteiger partial charge is 0.494 e. The summed E-state index contributed by atoms with van der Waals surface area (Å²) >= 11 is 5.71. The third kappa shape index (κ3) is 2.24. The number of aliphatic hydroxyl groups is 1. The fourth-order valence-corrected chi connectivity index (χ4v) is 1.80. The van der Waals surface area contributed by atoms with Gasteiger partial charge in [-0.1, -0.05) is 11.6 Å². The highest BCUT2D eigenvalue weighted by atomic mass is 35.5. The van der Waals surface area contributed by atoms with Crippen molar-refractivity contribution in [3.63, 3.8) is 0 Å². The molecule has 1 N–H and O–H groups in total. The van der Waals surface area contributed by atoms with Gasteiger partial charge < -0.3 is 9.84 Å². The standard InChI is InChI=1S/C11H12ClFO2/c1-15-9-5-7(4-8(12)10(9)13)6-11(14)2-3-11/h4-5,14H,2-3,6H2,1H3. The molecule has 1 aliphatic rings. The third-order valence-electron chi connectivity index (χ3n) is 2.63. The van der Waals surface area contributed by atoms with E-state index in [1.54, 1.807) is 6.07 Å². The van der Waals surface area contributed by atoms with Crippen LogP contribution in [0.25, 0.3) is 0 Å². The third-order valence-corrected chi connectivity index (χ3v) is 2.91. The number of hydrogen-bond donors (Lipinski definition) is 1. The first-order chi connectivity index (χ1) is 7.04. The molecule has 0 aliphatic heterocycles. The molecule has 0 atom stereocenters. The predicted octanol–water partition coefficient (Wildman–Crippen LogP) is 2.56. The topological polar surface area (TPSA) is 29.5 Å². The predicted molar refractivity (Wildman–Crippen MR) is 55.8 cm³/mol. The molecule has 0 radical (unpaired) electrons. The molecule has 0 amide bonds. The Hall–Kier alpha value is -0.800. The van der Waals surface area contributed by atoms with Crippen molar-refractivity contribution in [2.45, 2.75) is 24.9 Å². The van der Waals surface area contributed by atoms with Gasteiger partial charge in [0.1, 0.15) is 0 Å². The SMILES string of the molecule is COc1cc(CC2(O)CC2)cc(Cl)c1F. The highest BCUT2D eigenvalue weighted by molar-refractivity contribution is 6.31. The summed E-state index contributed by atoms with van der Waals surface area (Å²) < 4.78 is 18.2. The normalized spacial score (nSPS) is 17.6. The second kappa shape index (κ2) is 3.65. The number of ether oxygens (including phenoxy) is 1. The molecule has 0 spiro atoms. The Morgan fingerprint density at radius 1 is 1.53 bits per heavy atom. The Morgan fingerprint density at radius 3 is 2.73 bits per heavy atom. The molecule has 1 fully saturated rings. The summed E-state index contributed by atoms with van der Waals surface area (Å²) in [7, 11) is 1.39. The number of halogens is 2. The van der Waals surface area contributed by atoms with Gasteiger partial charge in [-0.2, -0.15) is 0 Å². The lowest BCUT2D eigenvalue weighted by Gasteiger charge is -2.10. The first-order valence-corrected chi connectivity index (χ1v) is 5.16. The van der Waals surface area contributed by atoms with Crippen LogP contribution in [0.4, 0.5) is 4.39 Å². The molecule has 0 saturated heterocycles. The number of benzene rings is 1. The Balaban J connectivity index is 2.28. The molecule has 0 unspecified atom stereocenters. The first-order valence-electron chi connectivity index (χ1n) is 4.78. The Kier molecular flexibility index (Phi) is 2.61. The molecular weight excluding hydrogens is 219 g/mol. The summed E-state index contributed by atoms with van der Waals surface area (Å²) in [4.78, 5) is 0. The van der Waals surface area contributed by atoms with Crippen LogP contribution in [-0.2, 0) is 6.42 Å². The Morgan fingerprint density at radius 2 is 2.20 bits per heavy atom. The monoisotopic (exact) mass is 230 g/mol. The van der Waals surface area contributed by atoms with E-state index in [0.29, 0.717) is 6.42 Å². The van der Waals surface area contributed by atoms with E-state index in [2.05, 4.69) is 0 Å². The summed E-state index contributed by atoms with van der Waals surface area (Å²) in [5.74, 6) is -0.424. The van der Waals surface area contributed by atoms with Crippen LogP contribution in [0.1, 0.15) is 18.4 Å². The zero-order chi connectivity index (χ0) is 11.1. The molecule has 1 aromatic carbocycles. The van der Waals surface area contributed by atoms with Crippen molar-refractivity contribution in [2.75, 3.05) is 7.11 Å². The highest BCUT2D eigenvalue weighted by Crippen LogP contribution is 2.39. The zero-order valence-corrected chi connectivity index (χ0v) is 9.14. The van der Waals surface area contributed by atoms with Crippen LogP contribution >= 0.6 is 11.6 Å². The number of rotatable bonds is 3. The lowest BCUT2D eigenvalue weighted by atomic mass is 10.1. The molecule has 15 heavy (non-hydrogen) atoms. The molecule has 82 valence electrons. The minimum atomic E-state index is -0.605. The average Bonchev–Trinajstić information content (AvgIpc) is 2.89. The smallest absolute Gasteiger partial charge is 0.183 e. The van der Waals surface area contributed by atoms with Gasteiger partial charge >= 0.3 is 0 Å². The van der Waals surface area contributed by atoms with Crippen molar-refractivity contribution < 1.29 is 14.2 Å². The van der Waals surface area contributed by atoms with Crippen LogP contribution in [0.3, 0.4) is 0 Å². The maximum Gasteiger partial charge on any atom is 0.183 e. The van der Waals surface area contributed by atoms with Crippen molar-refractivity contribution >= 4 is 11.6 Å². The van der Waals surface area contributed by atoms with Crippen LogP contribution in [0, 0.1) is 5.82 Å². The van der Waals surface area contributed by atoms with E-state index in [1.165, 1.54) is 13.2 Å². The summed E-state index contributed by atoms with van der Waals surface area (Å²) in [5.41, 5.74) is 0.199. The summed E-state index contributed by atoms with van der Waals surface area (Å²) in [6, 6.07) is 3.12. The molecule has 2 nitrogen and oxygen atoms in total. The van der Waals surface area contributed by atoms with Gasteiger partial charge in [0.05, 0.1) is 17.7 Å². The molecule has 1 saturated carbocycles. The highest BCUT2D eigenvalue weighted by Gasteiger charge is 2.40. The van der Waals surface area contributed by atoms with Crippen LogP contribution in [0.15, 0.2) is 12.1 Å². The fourth-order valence-electron chi connectivity index (χ4n) is 1.57. The molecule has 2 rings (SSSR count). The van der Waals surface area contributed by atoms with Crippen LogP contribution in [0.2, 0.25) is 5.02 Å². The molecule has 1 aliphatic carbocycles. The second-order valence-electron chi connectivity index (χ2n) is 4.00. The van der Waals surface area contributed by atoms with Crippen LogP contribution < -0.4 is 4.74 Å². The van der Waals surface area contributed by atoms with E-state index in [1.807, 2.05) is 0 Å². The van der Waals surface area contributed by atoms with Gasteiger partial charge in [-0.05, 0) is 30.5 Å². The molecular formula is C11H12ClFO2. The Labute approximate surface area is 92.6 Å². The number of methoxy groups -OCH3 is 1. The average molecular weight is 231 g/mol. The first kappa shape index (κ1) is 10.7. The van der Waals surface area contributed by atoms with Gasteiger partial charge in [0.15, 0.2) is 11.6 Å². The van der Waals surface area contributed by atoms with Crippen molar-refractivity contribution in [2.24, 2.45) is 0 Å². The molecule has 0 heterocycles. The van der Waals surface area contributed by atoms with Crippen molar-refractivity contribution in [1.82, 2.24) is 0 Å². The van der Waals surface area contributed by atoms with Crippen LogP contribution in [0.5, 0.6) is 5.75 Å². The quantitative estimate of drug-likeness (QED) is 0.865. The summed E-state index contributed by atoms with van der Waals surface area (Å²) in [6.07, 6.45) is 2.10. The van der Waals surface area contributed by atoms with Gasteiger partial charge in [-0.15, -0.1) is 0 Å². The van der Waals surface area contributed by atoms with E-state index in [-0.39, 0.29) is 10.8 Å². The van der Waals surface area contributed by atoms with Crippen molar-refractivity contribution in [3.8, 4) is 5.75 Å². The van der Waals surface area contributed by atoms with E-state index in [4.69, 9.17) is 16.3 Å². The maximum absolute atomic E-state index is 13.3. The summed E-state index contributed by atoms with van der Waals surface area (Å²) in [6.45, 7) is 0. The number of hydrogen-bond acceptors (Lipinski definition) is 2. The van der Waals surface area contributed by atoms with Gasteiger partial charge in [0, 0.05) is 6.42 Å². The van der Waals surface area contributed by atoms with E-state index in [0.717, 1.165) is 18.4 Å². The maximum atomic E-state index is 13.3. The Bertz CT molecular complexity index is 388.